The first-order valence-electron chi connectivity index (χ1n) is 5.35. The van der Waals surface area contributed by atoms with Gasteiger partial charge in [-0.05, 0) is 49.4 Å². The summed E-state index contributed by atoms with van der Waals surface area (Å²) in [6, 6.07) is 4.16. The third-order valence-electron chi connectivity index (χ3n) is 2.97. The Morgan fingerprint density at radius 1 is 1.25 bits per heavy atom. The fourth-order valence-electron chi connectivity index (χ4n) is 1.65. The number of benzene rings is 1. The Morgan fingerprint density at radius 2 is 1.94 bits per heavy atom. The number of nitrogens with one attached hydrogen (secondary N) is 1. The maximum atomic E-state index is 10.7. The second kappa shape index (κ2) is 5.45. The van der Waals surface area contributed by atoms with E-state index < -0.39 is 5.91 Å². The lowest BCUT2D eigenvalue weighted by atomic mass is 9.97. The number of hydrogen-bond acceptors (Lipinski definition) is 2. The molecule has 1 amide bonds. The van der Waals surface area contributed by atoms with E-state index in [0.29, 0.717) is 12.8 Å². The first-order valence-corrected chi connectivity index (χ1v) is 5.35. The van der Waals surface area contributed by atoms with Gasteiger partial charge in [-0.2, -0.15) is 0 Å². The predicted molar refractivity (Wildman–Crippen MR) is 63.4 cm³/mol. The third-order valence-corrected chi connectivity index (χ3v) is 2.97. The molecule has 16 heavy (non-hydrogen) atoms. The minimum atomic E-state index is -0.554. The van der Waals surface area contributed by atoms with Gasteiger partial charge in [-0.15, -0.1) is 0 Å². The lowest BCUT2D eigenvalue weighted by Crippen LogP contribution is -2.26. The van der Waals surface area contributed by atoms with Crippen molar-refractivity contribution in [3.05, 3.63) is 34.4 Å². The van der Waals surface area contributed by atoms with Crippen LogP contribution in [0.25, 0.3) is 0 Å². The van der Waals surface area contributed by atoms with Crippen LogP contribution in [-0.2, 0) is 16.0 Å². The van der Waals surface area contributed by atoms with Crippen LogP contribution in [0, 0.1) is 20.8 Å². The molecule has 0 unspecified atom stereocenters. The molecular formula is C13H17NO2. The molecular weight excluding hydrogens is 202 g/mol. The Morgan fingerprint density at radius 3 is 2.56 bits per heavy atom. The van der Waals surface area contributed by atoms with E-state index in [9.17, 15) is 9.59 Å². The van der Waals surface area contributed by atoms with Gasteiger partial charge in [-0.1, -0.05) is 12.1 Å². The van der Waals surface area contributed by atoms with Crippen molar-refractivity contribution >= 4 is 12.2 Å². The van der Waals surface area contributed by atoms with Gasteiger partial charge in [0.05, 0.1) is 0 Å². The largest absolute Gasteiger partial charge is 0.349 e. The zero-order valence-electron chi connectivity index (χ0n) is 9.96. The summed E-state index contributed by atoms with van der Waals surface area (Å²) in [5.41, 5.74) is 5.05. The first-order chi connectivity index (χ1) is 7.56. The van der Waals surface area contributed by atoms with Crippen LogP contribution in [0.1, 0.15) is 22.3 Å². The molecule has 0 saturated heterocycles. The van der Waals surface area contributed by atoms with Crippen LogP contribution in [0.2, 0.25) is 0 Å². The number of amides is 1. The lowest BCUT2D eigenvalue weighted by Gasteiger charge is -2.11. The van der Waals surface area contributed by atoms with Gasteiger partial charge in [-0.25, -0.2) is 0 Å². The maximum Gasteiger partial charge on any atom is 0.284 e. The molecule has 0 radical (unpaired) electrons. The van der Waals surface area contributed by atoms with Gasteiger partial charge in [0.15, 0.2) is 0 Å². The molecule has 0 fully saturated rings. The van der Waals surface area contributed by atoms with Crippen molar-refractivity contribution in [2.45, 2.75) is 27.2 Å². The molecule has 0 spiro atoms. The highest BCUT2D eigenvalue weighted by atomic mass is 16.2. The van der Waals surface area contributed by atoms with Gasteiger partial charge in [0, 0.05) is 6.54 Å². The highest BCUT2D eigenvalue weighted by molar-refractivity contribution is 6.23. The Balaban J connectivity index is 2.65. The molecule has 0 heterocycles. The van der Waals surface area contributed by atoms with Crippen LogP contribution in [0.15, 0.2) is 12.1 Å². The summed E-state index contributed by atoms with van der Waals surface area (Å²) in [6.45, 7) is 6.76. The molecule has 0 bridgehead atoms. The molecule has 0 aliphatic rings. The number of carbonyl (C=O) groups is 2. The van der Waals surface area contributed by atoms with E-state index in [4.69, 9.17) is 0 Å². The van der Waals surface area contributed by atoms with E-state index in [1.54, 1.807) is 0 Å². The average Bonchev–Trinajstić information content (AvgIpc) is 2.29. The van der Waals surface area contributed by atoms with Crippen LogP contribution in [0.5, 0.6) is 0 Å². The summed E-state index contributed by atoms with van der Waals surface area (Å²) in [6.07, 6.45) is 1.06. The maximum absolute atomic E-state index is 10.7. The summed E-state index contributed by atoms with van der Waals surface area (Å²) in [5, 5.41) is 2.54. The standard InChI is InChI=1S/C13H17NO2/c1-9-4-5-12(11(3)10(9)2)6-7-14-13(16)8-15/h4-5,8H,6-7H2,1-3H3,(H,14,16). The molecule has 1 aromatic carbocycles. The minimum Gasteiger partial charge on any atom is -0.349 e. The topological polar surface area (TPSA) is 46.2 Å². The summed E-state index contributed by atoms with van der Waals surface area (Å²) in [4.78, 5) is 20.8. The second-order valence-corrected chi connectivity index (χ2v) is 3.95. The van der Waals surface area contributed by atoms with Gasteiger partial charge in [0.2, 0.25) is 6.29 Å². The van der Waals surface area contributed by atoms with Crippen LogP contribution < -0.4 is 5.32 Å². The van der Waals surface area contributed by atoms with Gasteiger partial charge in [0.25, 0.3) is 5.91 Å². The van der Waals surface area contributed by atoms with Crippen LogP contribution in [0.4, 0.5) is 0 Å². The van der Waals surface area contributed by atoms with Crippen LogP contribution >= 0.6 is 0 Å². The monoisotopic (exact) mass is 219 g/mol. The highest BCUT2D eigenvalue weighted by Crippen LogP contribution is 2.17. The number of rotatable bonds is 4. The van der Waals surface area contributed by atoms with Crippen molar-refractivity contribution in [3.63, 3.8) is 0 Å². The summed E-state index contributed by atoms with van der Waals surface area (Å²) in [7, 11) is 0. The number of aldehydes is 1. The fourth-order valence-corrected chi connectivity index (χ4v) is 1.65. The Hall–Kier alpha value is -1.64. The second-order valence-electron chi connectivity index (χ2n) is 3.95. The molecule has 0 saturated carbocycles. The average molecular weight is 219 g/mol. The van der Waals surface area contributed by atoms with E-state index in [-0.39, 0.29) is 0 Å². The summed E-state index contributed by atoms with van der Waals surface area (Å²) < 4.78 is 0. The fraction of sp³-hybridized carbons (Fsp3) is 0.385. The normalized spacial score (nSPS) is 9.94. The number of carbonyl (C=O) groups excluding carboxylic acids is 2. The molecule has 3 nitrogen and oxygen atoms in total. The van der Waals surface area contributed by atoms with E-state index in [2.05, 4.69) is 38.2 Å². The zero-order valence-corrected chi connectivity index (χ0v) is 9.96. The molecule has 0 aliphatic heterocycles. The number of hydrogen-bond donors (Lipinski definition) is 1. The molecule has 1 aromatic rings. The van der Waals surface area contributed by atoms with E-state index >= 15 is 0 Å². The first kappa shape index (κ1) is 12.4. The van der Waals surface area contributed by atoms with Gasteiger partial charge in [-0.3, -0.25) is 9.59 Å². The lowest BCUT2D eigenvalue weighted by molar-refractivity contribution is -0.131. The van der Waals surface area contributed by atoms with Gasteiger partial charge < -0.3 is 5.32 Å². The van der Waals surface area contributed by atoms with E-state index in [1.807, 2.05) is 0 Å². The van der Waals surface area contributed by atoms with Crippen LogP contribution in [-0.4, -0.2) is 18.7 Å². The third kappa shape index (κ3) is 2.92. The van der Waals surface area contributed by atoms with Crippen LogP contribution in [0.3, 0.4) is 0 Å². The van der Waals surface area contributed by atoms with E-state index in [1.165, 1.54) is 22.3 Å². The molecule has 1 N–H and O–H groups in total. The van der Waals surface area contributed by atoms with Crippen molar-refractivity contribution in [1.29, 1.82) is 0 Å². The molecule has 0 aromatic heterocycles. The van der Waals surface area contributed by atoms with Crippen molar-refractivity contribution in [3.8, 4) is 0 Å². The quantitative estimate of drug-likeness (QED) is 0.615. The van der Waals surface area contributed by atoms with Gasteiger partial charge in [0.1, 0.15) is 0 Å². The molecule has 0 aliphatic carbocycles. The highest BCUT2D eigenvalue weighted by Gasteiger charge is 2.04. The molecule has 0 atom stereocenters. The Kier molecular flexibility index (Phi) is 4.23. The summed E-state index contributed by atoms with van der Waals surface area (Å²) in [5.74, 6) is -0.554. The summed E-state index contributed by atoms with van der Waals surface area (Å²) >= 11 is 0. The Labute approximate surface area is 95.9 Å². The molecule has 3 heteroatoms. The minimum absolute atomic E-state index is 0.299. The van der Waals surface area contributed by atoms with Gasteiger partial charge >= 0.3 is 0 Å². The van der Waals surface area contributed by atoms with E-state index in [0.717, 1.165) is 6.42 Å². The Bertz CT molecular complexity index is 411. The predicted octanol–water partition coefficient (Wildman–Crippen LogP) is 1.47. The smallest absolute Gasteiger partial charge is 0.284 e. The number of aryl methyl sites for hydroxylation is 1. The van der Waals surface area contributed by atoms with Crippen molar-refractivity contribution in [2.75, 3.05) is 6.54 Å². The van der Waals surface area contributed by atoms with Crippen molar-refractivity contribution < 1.29 is 9.59 Å². The molecule has 86 valence electrons. The molecule has 1 rings (SSSR count). The van der Waals surface area contributed by atoms with Crippen molar-refractivity contribution in [1.82, 2.24) is 5.32 Å². The van der Waals surface area contributed by atoms with Crippen molar-refractivity contribution in [2.24, 2.45) is 0 Å². The SMILES string of the molecule is Cc1ccc(CCNC(=O)C=O)c(C)c1C. The zero-order chi connectivity index (χ0) is 12.1.